The maximum Gasteiger partial charge on any atom is 0.305 e. The smallest absolute Gasteiger partial charge is 0.305 e. The number of rotatable bonds is 6. The molecular weight excluding hydrogens is 368 g/mol. The third-order valence-corrected chi connectivity index (χ3v) is 5.60. The van der Waals surface area contributed by atoms with Gasteiger partial charge in [0.25, 0.3) is 5.91 Å². The number of ether oxygens (including phenoxy) is 1. The number of methoxy groups -OCH3 is 1. The Morgan fingerprint density at radius 2 is 1.83 bits per heavy atom. The first-order valence-corrected chi connectivity index (χ1v) is 9.74. The van der Waals surface area contributed by atoms with Gasteiger partial charge in [-0.1, -0.05) is 48.5 Å². The number of benzene rings is 2. The number of carboxylic acid groups (broad SMARTS) is 1. The number of carbonyl (C=O) groups is 2. The third-order valence-electron chi connectivity index (χ3n) is 5.60. The van der Waals surface area contributed by atoms with E-state index in [1.165, 1.54) is 0 Å². The SMILES string of the molecule is COC1CC(CC(=O)O)N(C(=O)c2cn(Cc3ccccc3)c3ccccc23)C1. The molecule has 6 heteroatoms. The van der Waals surface area contributed by atoms with Crippen molar-refractivity contribution < 1.29 is 19.4 Å². The second-order valence-corrected chi connectivity index (χ2v) is 7.48. The van der Waals surface area contributed by atoms with Crippen LogP contribution in [0.4, 0.5) is 0 Å². The molecule has 1 aromatic heterocycles. The fraction of sp³-hybridized carbons (Fsp3) is 0.304. The van der Waals surface area contributed by atoms with Gasteiger partial charge < -0.3 is 19.3 Å². The lowest BCUT2D eigenvalue weighted by molar-refractivity contribution is -0.137. The molecule has 2 unspecified atom stereocenters. The van der Waals surface area contributed by atoms with E-state index in [0.29, 0.717) is 25.1 Å². The molecule has 0 saturated carbocycles. The van der Waals surface area contributed by atoms with Gasteiger partial charge in [0.05, 0.1) is 18.1 Å². The molecule has 2 atom stereocenters. The van der Waals surface area contributed by atoms with Gasteiger partial charge in [-0.2, -0.15) is 0 Å². The number of hydrogen-bond acceptors (Lipinski definition) is 3. The van der Waals surface area contributed by atoms with Crippen molar-refractivity contribution in [2.45, 2.75) is 31.5 Å². The van der Waals surface area contributed by atoms with Crippen LogP contribution in [0.15, 0.2) is 60.8 Å². The fourth-order valence-corrected chi connectivity index (χ4v) is 4.17. The van der Waals surface area contributed by atoms with Gasteiger partial charge in [-0.25, -0.2) is 0 Å². The normalized spacial score (nSPS) is 19.0. The number of para-hydroxylation sites is 1. The lowest BCUT2D eigenvalue weighted by Crippen LogP contribution is -2.37. The quantitative estimate of drug-likeness (QED) is 0.698. The summed E-state index contributed by atoms with van der Waals surface area (Å²) >= 11 is 0. The molecule has 1 N–H and O–H groups in total. The number of amides is 1. The van der Waals surface area contributed by atoms with Crippen LogP contribution >= 0.6 is 0 Å². The number of carboxylic acids is 1. The number of carbonyl (C=O) groups excluding carboxylic acids is 1. The predicted octanol–water partition coefficient (Wildman–Crippen LogP) is 3.39. The highest BCUT2D eigenvalue weighted by Crippen LogP contribution is 2.29. The number of hydrogen-bond donors (Lipinski definition) is 1. The third kappa shape index (κ3) is 3.89. The van der Waals surface area contributed by atoms with Crippen LogP contribution in [0.5, 0.6) is 0 Å². The van der Waals surface area contributed by atoms with Crippen molar-refractivity contribution in [1.82, 2.24) is 9.47 Å². The zero-order valence-electron chi connectivity index (χ0n) is 16.3. The van der Waals surface area contributed by atoms with Gasteiger partial charge in [0, 0.05) is 43.3 Å². The topological polar surface area (TPSA) is 71.8 Å². The summed E-state index contributed by atoms with van der Waals surface area (Å²) < 4.78 is 7.50. The van der Waals surface area contributed by atoms with Crippen LogP contribution in [0.25, 0.3) is 10.9 Å². The van der Waals surface area contributed by atoms with E-state index >= 15 is 0 Å². The summed E-state index contributed by atoms with van der Waals surface area (Å²) in [7, 11) is 1.60. The van der Waals surface area contributed by atoms with Crippen molar-refractivity contribution in [2.75, 3.05) is 13.7 Å². The number of fused-ring (bicyclic) bond motifs is 1. The van der Waals surface area contributed by atoms with Gasteiger partial charge in [-0.15, -0.1) is 0 Å². The van der Waals surface area contributed by atoms with E-state index in [0.717, 1.165) is 16.5 Å². The molecular formula is C23H24N2O4. The van der Waals surface area contributed by atoms with Gasteiger partial charge in [0.15, 0.2) is 0 Å². The molecule has 1 aliphatic heterocycles. The molecule has 0 radical (unpaired) electrons. The van der Waals surface area contributed by atoms with E-state index < -0.39 is 5.97 Å². The van der Waals surface area contributed by atoms with Gasteiger partial charge in [0.2, 0.25) is 0 Å². The Hall–Kier alpha value is -3.12. The van der Waals surface area contributed by atoms with E-state index in [-0.39, 0.29) is 24.5 Å². The van der Waals surface area contributed by atoms with Crippen molar-refractivity contribution in [3.8, 4) is 0 Å². The molecule has 6 nitrogen and oxygen atoms in total. The Balaban J connectivity index is 1.69. The Bertz CT molecular complexity index is 1030. The van der Waals surface area contributed by atoms with Gasteiger partial charge in [-0.05, 0) is 18.1 Å². The van der Waals surface area contributed by atoms with E-state index in [4.69, 9.17) is 4.74 Å². The summed E-state index contributed by atoms with van der Waals surface area (Å²) in [5.41, 5.74) is 2.73. The maximum atomic E-state index is 13.4. The molecule has 1 aliphatic rings. The first-order chi connectivity index (χ1) is 14.1. The molecule has 1 amide bonds. The maximum absolute atomic E-state index is 13.4. The van der Waals surface area contributed by atoms with Crippen LogP contribution in [0, 0.1) is 0 Å². The number of likely N-dealkylation sites (tertiary alicyclic amines) is 1. The van der Waals surface area contributed by atoms with Crippen LogP contribution in [-0.2, 0) is 16.1 Å². The summed E-state index contributed by atoms with van der Waals surface area (Å²) in [4.78, 5) is 26.4. The van der Waals surface area contributed by atoms with Crippen LogP contribution in [0.2, 0.25) is 0 Å². The molecule has 1 saturated heterocycles. The van der Waals surface area contributed by atoms with Crippen molar-refractivity contribution in [3.05, 3.63) is 71.9 Å². The van der Waals surface area contributed by atoms with E-state index in [1.54, 1.807) is 12.0 Å². The second-order valence-electron chi connectivity index (χ2n) is 7.48. The Morgan fingerprint density at radius 3 is 2.55 bits per heavy atom. The van der Waals surface area contributed by atoms with Gasteiger partial charge >= 0.3 is 5.97 Å². The average Bonchev–Trinajstić information content (AvgIpc) is 3.30. The fourth-order valence-electron chi connectivity index (χ4n) is 4.17. The Labute approximate surface area is 169 Å². The van der Waals surface area contributed by atoms with Crippen LogP contribution in [-0.4, -0.2) is 52.3 Å². The van der Waals surface area contributed by atoms with Crippen LogP contribution in [0.1, 0.15) is 28.8 Å². The van der Waals surface area contributed by atoms with Gasteiger partial charge in [-0.3, -0.25) is 9.59 Å². The van der Waals surface area contributed by atoms with E-state index in [1.807, 2.05) is 48.7 Å². The zero-order valence-corrected chi connectivity index (χ0v) is 16.3. The Morgan fingerprint density at radius 1 is 1.10 bits per heavy atom. The molecule has 0 aliphatic carbocycles. The molecule has 1 fully saturated rings. The number of nitrogens with zero attached hydrogens (tertiary/aromatic N) is 2. The van der Waals surface area contributed by atoms with Crippen LogP contribution in [0.3, 0.4) is 0 Å². The number of aliphatic carboxylic acids is 1. The lowest BCUT2D eigenvalue weighted by Gasteiger charge is -2.23. The summed E-state index contributed by atoms with van der Waals surface area (Å²) in [5, 5.41) is 10.1. The summed E-state index contributed by atoms with van der Waals surface area (Å²) in [6, 6.07) is 17.6. The highest BCUT2D eigenvalue weighted by Gasteiger charge is 2.37. The van der Waals surface area contributed by atoms with Crippen LogP contribution < -0.4 is 0 Å². The second kappa shape index (κ2) is 8.09. The van der Waals surface area contributed by atoms with Crippen molar-refractivity contribution >= 4 is 22.8 Å². The van der Waals surface area contributed by atoms with Crippen molar-refractivity contribution in [1.29, 1.82) is 0 Å². The molecule has 0 spiro atoms. The minimum absolute atomic E-state index is 0.0751. The monoisotopic (exact) mass is 392 g/mol. The first-order valence-electron chi connectivity index (χ1n) is 9.74. The Kier molecular flexibility index (Phi) is 5.36. The molecule has 2 heterocycles. The highest BCUT2D eigenvalue weighted by atomic mass is 16.5. The van der Waals surface area contributed by atoms with Crippen molar-refractivity contribution in [2.24, 2.45) is 0 Å². The molecule has 0 bridgehead atoms. The van der Waals surface area contributed by atoms with Gasteiger partial charge in [0.1, 0.15) is 0 Å². The molecule has 4 rings (SSSR count). The van der Waals surface area contributed by atoms with E-state index in [9.17, 15) is 14.7 Å². The van der Waals surface area contributed by atoms with E-state index in [2.05, 4.69) is 16.7 Å². The first kappa shape index (κ1) is 19.2. The summed E-state index contributed by atoms with van der Waals surface area (Å²) in [6.07, 6.45) is 2.21. The zero-order chi connectivity index (χ0) is 20.4. The largest absolute Gasteiger partial charge is 0.481 e. The number of aromatic nitrogens is 1. The minimum Gasteiger partial charge on any atom is -0.481 e. The minimum atomic E-state index is -0.906. The average molecular weight is 392 g/mol. The summed E-state index contributed by atoms with van der Waals surface area (Å²) in [6.45, 7) is 1.07. The standard InChI is InChI=1S/C23H24N2O4/c1-29-18-11-17(12-22(26)27)25(14-18)23(28)20-15-24(13-16-7-3-2-4-8-16)21-10-6-5-9-19(20)21/h2-10,15,17-18H,11-14H2,1H3,(H,26,27). The lowest BCUT2D eigenvalue weighted by atomic mass is 10.1. The molecule has 3 aromatic rings. The van der Waals surface area contributed by atoms with Crippen molar-refractivity contribution in [3.63, 3.8) is 0 Å². The summed E-state index contributed by atoms with van der Waals surface area (Å²) in [5.74, 6) is -1.05. The molecule has 150 valence electrons. The highest BCUT2D eigenvalue weighted by molar-refractivity contribution is 6.07. The molecule has 2 aromatic carbocycles. The predicted molar refractivity (Wildman–Crippen MR) is 110 cm³/mol. The molecule has 29 heavy (non-hydrogen) atoms.